The molecule has 1 aliphatic carbocycles. The summed E-state index contributed by atoms with van der Waals surface area (Å²) in [4.78, 5) is 15.2. The highest BCUT2D eigenvalue weighted by Gasteiger charge is 2.34. The van der Waals surface area contributed by atoms with Gasteiger partial charge in [-0.15, -0.1) is 0 Å². The third kappa shape index (κ3) is 4.82. The second-order valence-electron chi connectivity index (χ2n) is 8.31. The summed E-state index contributed by atoms with van der Waals surface area (Å²) in [6, 6.07) is 7.02. The van der Waals surface area contributed by atoms with E-state index in [1.54, 1.807) is 24.3 Å². The van der Waals surface area contributed by atoms with Crippen LogP contribution >= 0.6 is 0 Å². The van der Waals surface area contributed by atoms with Crippen molar-refractivity contribution < 1.29 is 17.9 Å². The molecule has 0 bridgehead atoms. The van der Waals surface area contributed by atoms with Gasteiger partial charge in [0.2, 0.25) is 15.9 Å². The molecule has 2 aliphatic heterocycles. The van der Waals surface area contributed by atoms with Crippen LogP contribution in [0.3, 0.4) is 0 Å². The summed E-state index contributed by atoms with van der Waals surface area (Å²) in [6.07, 6.45) is 7.54. The first kappa shape index (κ1) is 20.8. The van der Waals surface area contributed by atoms with Crippen molar-refractivity contribution in [1.29, 1.82) is 0 Å². The topological polar surface area (TPSA) is 79.0 Å². The quantitative estimate of drug-likeness (QED) is 0.789. The molecule has 0 radical (unpaired) electrons. The molecule has 1 saturated carbocycles. The molecule has 4 rings (SSSR count). The molecule has 2 heterocycles. The van der Waals surface area contributed by atoms with Crippen molar-refractivity contribution in [2.75, 3.05) is 44.7 Å². The second kappa shape index (κ2) is 9.12. The van der Waals surface area contributed by atoms with Crippen LogP contribution in [0, 0.1) is 5.92 Å². The van der Waals surface area contributed by atoms with Gasteiger partial charge in [-0.3, -0.25) is 9.69 Å². The van der Waals surface area contributed by atoms with Crippen molar-refractivity contribution in [3.63, 3.8) is 0 Å². The Balaban J connectivity index is 1.35. The number of carbonyl (C=O) groups is 1. The minimum Gasteiger partial charge on any atom is -0.379 e. The number of fused-ring (bicyclic) bond motifs is 1. The zero-order chi connectivity index (χ0) is 20.3. The average Bonchev–Trinajstić information content (AvgIpc) is 2.75. The van der Waals surface area contributed by atoms with Crippen LogP contribution in [0.2, 0.25) is 0 Å². The number of nitrogens with zero attached hydrogens (tertiary/aromatic N) is 2. The molecule has 29 heavy (non-hydrogen) atoms. The summed E-state index contributed by atoms with van der Waals surface area (Å²) in [5, 5.41) is 2.93. The SMILES string of the molecule is O=C(CN1CCC[C@H]2CCCC[C@@H]21)Nc1ccc(S(=O)(=O)N2CCOCC2)cc1. The van der Waals surface area contributed by atoms with E-state index < -0.39 is 10.0 Å². The lowest BCUT2D eigenvalue weighted by Crippen LogP contribution is -2.49. The highest BCUT2D eigenvalue weighted by Crippen LogP contribution is 2.35. The number of nitrogens with one attached hydrogen (secondary N) is 1. The number of carbonyl (C=O) groups excluding carboxylic acids is 1. The first-order chi connectivity index (χ1) is 14.0. The van der Waals surface area contributed by atoms with Crippen LogP contribution in [0.4, 0.5) is 5.69 Å². The third-order valence-electron chi connectivity index (χ3n) is 6.45. The fourth-order valence-corrected chi connectivity index (χ4v) is 6.36. The van der Waals surface area contributed by atoms with Gasteiger partial charge in [-0.05, 0) is 62.4 Å². The van der Waals surface area contributed by atoms with E-state index in [1.165, 1.54) is 42.8 Å². The summed E-state index contributed by atoms with van der Waals surface area (Å²) < 4.78 is 32.1. The predicted molar refractivity (Wildman–Crippen MR) is 111 cm³/mol. The van der Waals surface area contributed by atoms with Crippen LogP contribution in [0.25, 0.3) is 0 Å². The lowest BCUT2D eigenvalue weighted by Gasteiger charge is -2.43. The smallest absolute Gasteiger partial charge is 0.243 e. The minimum atomic E-state index is -3.51. The normalized spacial score (nSPS) is 26.6. The summed E-state index contributed by atoms with van der Waals surface area (Å²) in [7, 11) is -3.51. The van der Waals surface area contributed by atoms with E-state index >= 15 is 0 Å². The minimum absolute atomic E-state index is 0.0278. The average molecular weight is 422 g/mol. The number of likely N-dealkylation sites (tertiary alicyclic amines) is 1. The molecule has 0 aromatic heterocycles. The van der Waals surface area contributed by atoms with Gasteiger partial charge in [0, 0.05) is 24.8 Å². The highest BCUT2D eigenvalue weighted by atomic mass is 32.2. The molecule has 2 atom stereocenters. The molecule has 1 amide bonds. The number of anilines is 1. The van der Waals surface area contributed by atoms with Gasteiger partial charge in [-0.1, -0.05) is 12.8 Å². The molecule has 8 heteroatoms. The molecule has 2 saturated heterocycles. The van der Waals surface area contributed by atoms with Crippen LogP contribution in [0.15, 0.2) is 29.2 Å². The lowest BCUT2D eigenvalue weighted by atomic mass is 9.78. The number of hydrogen-bond donors (Lipinski definition) is 1. The van der Waals surface area contributed by atoms with E-state index in [-0.39, 0.29) is 10.8 Å². The lowest BCUT2D eigenvalue weighted by molar-refractivity contribution is -0.118. The molecule has 3 fully saturated rings. The molecule has 3 aliphatic rings. The second-order valence-corrected chi connectivity index (χ2v) is 10.3. The number of piperidine rings is 1. The Morgan fingerprint density at radius 2 is 1.69 bits per heavy atom. The molecule has 1 aromatic carbocycles. The summed E-state index contributed by atoms with van der Waals surface area (Å²) in [5.41, 5.74) is 0.633. The van der Waals surface area contributed by atoms with E-state index in [9.17, 15) is 13.2 Å². The number of benzene rings is 1. The summed E-state index contributed by atoms with van der Waals surface area (Å²) in [6.45, 7) is 3.00. The largest absolute Gasteiger partial charge is 0.379 e. The number of morpholine rings is 1. The number of amides is 1. The summed E-state index contributed by atoms with van der Waals surface area (Å²) >= 11 is 0. The van der Waals surface area contributed by atoms with Crippen LogP contribution in [-0.2, 0) is 19.6 Å². The molecule has 0 unspecified atom stereocenters. The predicted octanol–water partition coefficient (Wildman–Crippen LogP) is 2.30. The van der Waals surface area contributed by atoms with Crippen molar-refractivity contribution in [3.8, 4) is 0 Å². The van der Waals surface area contributed by atoms with Gasteiger partial charge in [-0.25, -0.2) is 8.42 Å². The van der Waals surface area contributed by atoms with Gasteiger partial charge >= 0.3 is 0 Å². The molecule has 7 nitrogen and oxygen atoms in total. The van der Waals surface area contributed by atoms with Crippen molar-refractivity contribution in [1.82, 2.24) is 9.21 Å². The van der Waals surface area contributed by atoms with Crippen molar-refractivity contribution >= 4 is 21.6 Å². The monoisotopic (exact) mass is 421 g/mol. The molecule has 1 N–H and O–H groups in total. The van der Waals surface area contributed by atoms with Gasteiger partial charge < -0.3 is 10.1 Å². The number of rotatable bonds is 5. The maximum absolute atomic E-state index is 12.7. The van der Waals surface area contributed by atoms with E-state index in [2.05, 4.69) is 10.2 Å². The number of sulfonamides is 1. The number of ether oxygens (including phenoxy) is 1. The molecular weight excluding hydrogens is 390 g/mol. The zero-order valence-electron chi connectivity index (χ0n) is 16.9. The van der Waals surface area contributed by atoms with Gasteiger partial charge in [0.05, 0.1) is 24.7 Å². The van der Waals surface area contributed by atoms with Crippen molar-refractivity contribution in [2.24, 2.45) is 5.92 Å². The van der Waals surface area contributed by atoms with E-state index in [0.717, 1.165) is 12.5 Å². The van der Waals surface area contributed by atoms with E-state index in [1.807, 2.05) is 0 Å². The van der Waals surface area contributed by atoms with Crippen LogP contribution in [0.1, 0.15) is 38.5 Å². The Kier molecular flexibility index (Phi) is 6.53. The van der Waals surface area contributed by atoms with Crippen molar-refractivity contribution in [3.05, 3.63) is 24.3 Å². The molecule has 1 aromatic rings. The Bertz CT molecular complexity index is 804. The molecule has 160 valence electrons. The Morgan fingerprint density at radius 1 is 1.00 bits per heavy atom. The fourth-order valence-electron chi connectivity index (χ4n) is 4.96. The summed E-state index contributed by atoms with van der Waals surface area (Å²) in [5.74, 6) is 0.718. The van der Waals surface area contributed by atoms with Gasteiger partial charge in [0.1, 0.15) is 0 Å². The van der Waals surface area contributed by atoms with Crippen molar-refractivity contribution in [2.45, 2.75) is 49.5 Å². The Hall–Kier alpha value is -1.48. The zero-order valence-corrected chi connectivity index (χ0v) is 17.7. The third-order valence-corrected chi connectivity index (χ3v) is 8.36. The fraction of sp³-hybridized carbons (Fsp3) is 0.667. The van der Waals surface area contributed by atoms with Crippen LogP contribution in [-0.4, -0.2) is 69.0 Å². The Morgan fingerprint density at radius 3 is 2.45 bits per heavy atom. The maximum Gasteiger partial charge on any atom is 0.243 e. The first-order valence-corrected chi connectivity index (χ1v) is 12.2. The Labute approximate surface area is 173 Å². The van der Waals surface area contributed by atoms with Crippen LogP contribution < -0.4 is 5.32 Å². The van der Waals surface area contributed by atoms with Gasteiger partial charge in [0.25, 0.3) is 0 Å². The number of hydrogen-bond acceptors (Lipinski definition) is 5. The standard InChI is InChI=1S/C21H31N3O4S/c25-21(16-23-11-3-5-17-4-1-2-6-20(17)23)22-18-7-9-19(10-8-18)29(26,27)24-12-14-28-15-13-24/h7-10,17,20H,1-6,11-16H2,(H,22,25)/t17-,20+/m1/s1. The van der Waals surface area contributed by atoms with Gasteiger partial charge in [0.15, 0.2) is 0 Å². The first-order valence-electron chi connectivity index (χ1n) is 10.8. The molecule has 0 spiro atoms. The highest BCUT2D eigenvalue weighted by molar-refractivity contribution is 7.89. The van der Waals surface area contributed by atoms with Gasteiger partial charge in [-0.2, -0.15) is 4.31 Å². The maximum atomic E-state index is 12.7. The molecular formula is C21H31N3O4S. The van der Waals surface area contributed by atoms with E-state index in [4.69, 9.17) is 4.74 Å². The van der Waals surface area contributed by atoms with E-state index in [0.29, 0.717) is 44.6 Å². The van der Waals surface area contributed by atoms with Crippen LogP contribution in [0.5, 0.6) is 0 Å².